The minimum atomic E-state index is 0.475. The lowest BCUT2D eigenvalue weighted by Crippen LogP contribution is -2.26. The molecule has 2 rings (SSSR count). The van der Waals surface area contributed by atoms with E-state index in [1.54, 1.807) is 0 Å². The van der Waals surface area contributed by atoms with Gasteiger partial charge in [-0.1, -0.05) is 45.4 Å². The van der Waals surface area contributed by atoms with E-state index in [4.69, 9.17) is 0 Å². The van der Waals surface area contributed by atoms with E-state index in [0.717, 1.165) is 17.9 Å². The summed E-state index contributed by atoms with van der Waals surface area (Å²) in [7, 11) is 0. The van der Waals surface area contributed by atoms with Gasteiger partial charge in [-0.15, -0.1) is 6.58 Å². The highest BCUT2D eigenvalue weighted by molar-refractivity contribution is 5.40. The Bertz CT molecular complexity index is 461. The van der Waals surface area contributed by atoms with Crippen LogP contribution in [0.2, 0.25) is 0 Å². The lowest BCUT2D eigenvalue weighted by atomic mass is 9.67. The summed E-state index contributed by atoms with van der Waals surface area (Å²) in [5.74, 6) is 3.11. The average Bonchev–Trinajstić information content (AvgIpc) is 2.40. The van der Waals surface area contributed by atoms with Crippen molar-refractivity contribution in [2.75, 3.05) is 0 Å². The van der Waals surface area contributed by atoms with Gasteiger partial charge in [-0.05, 0) is 60.1 Å². The van der Waals surface area contributed by atoms with Crippen LogP contribution in [0.3, 0.4) is 0 Å². The number of benzene rings is 1. The molecule has 3 atom stereocenters. The summed E-state index contributed by atoms with van der Waals surface area (Å²) in [5.41, 5.74) is 2.42. The number of rotatable bonds is 4. The highest BCUT2D eigenvalue weighted by Crippen LogP contribution is 2.46. The van der Waals surface area contributed by atoms with Crippen LogP contribution < -0.4 is 0 Å². The third kappa shape index (κ3) is 3.26. The summed E-state index contributed by atoms with van der Waals surface area (Å²) in [6.45, 7) is 10.8. The predicted molar refractivity (Wildman–Crippen MR) is 86.1 cm³/mol. The molecule has 1 saturated carbocycles. The molecule has 1 heteroatoms. The third-order valence-electron chi connectivity index (χ3n) is 4.89. The second-order valence-electron chi connectivity index (χ2n) is 6.82. The fourth-order valence-corrected chi connectivity index (χ4v) is 3.75. The minimum Gasteiger partial charge on any atom is -0.508 e. The lowest BCUT2D eigenvalue weighted by Gasteiger charge is -2.38. The molecule has 1 aliphatic carbocycles. The monoisotopic (exact) mass is 272 g/mol. The van der Waals surface area contributed by atoms with Crippen molar-refractivity contribution in [3.63, 3.8) is 0 Å². The Hall–Kier alpha value is -1.24. The molecule has 1 aromatic carbocycles. The smallest absolute Gasteiger partial charge is 0.119 e. The molecule has 0 heterocycles. The molecule has 1 aromatic rings. The topological polar surface area (TPSA) is 20.2 Å². The van der Waals surface area contributed by atoms with E-state index in [0.29, 0.717) is 23.5 Å². The highest BCUT2D eigenvalue weighted by atomic mass is 16.3. The first-order chi connectivity index (χ1) is 9.52. The molecule has 1 nitrogen and oxygen atoms in total. The quantitative estimate of drug-likeness (QED) is 0.738. The fraction of sp³-hybridized carbons (Fsp3) is 0.579. The van der Waals surface area contributed by atoms with E-state index < -0.39 is 0 Å². The van der Waals surface area contributed by atoms with Gasteiger partial charge in [-0.2, -0.15) is 0 Å². The molecule has 0 saturated heterocycles. The number of phenols is 1. The standard InChI is InChI=1S/C19H28O/c1-5-6-15-8-10-19(20)18(12-15)17-11-14(4)7-9-16(17)13(2)3/h5,8,10,12-14,16-17,20H,1,6-7,9,11H2,2-4H3. The lowest BCUT2D eigenvalue weighted by molar-refractivity contribution is 0.194. The van der Waals surface area contributed by atoms with Gasteiger partial charge in [0.2, 0.25) is 0 Å². The van der Waals surface area contributed by atoms with Crippen molar-refractivity contribution in [2.45, 2.75) is 52.4 Å². The summed E-state index contributed by atoms with van der Waals surface area (Å²) in [6, 6.07) is 6.08. The Labute approximate surface area is 123 Å². The van der Waals surface area contributed by atoms with Crippen molar-refractivity contribution in [1.29, 1.82) is 0 Å². The first-order valence-corrected chi connectivity index (χ1v) is 7.95. The molecule has 0 aromatic heterocycles. The number of phenolic OH excluding ortho intramolecular Hbond substituents is 1. The van der Waals surface area contributed by atoms with Crippen LogP contribution in [0.15, 0.2) is 30.9 Å². The molecule has 20 heavy (non-hydrogen) atoms. The number of hydrogen-bond donors (Lipinski definition) is 1. The van der Waals surface area contributed by atoms with E-state index in [1.165, 1.54) is 24.8 Å². The van der Waals surface area contributed by atoms with Crippen LogP contribution in [-0.2, 0) is 6.42 Å². The van der Waals surface area contributed by atoms with Crippen LogP contribution in [0.5, 0.6) is 5.75 Å². The summed E-state index contributed by atoms with van der Waals surface area (Å²) < 4.78 is 0. The van der Waals surface area contributed by atoms with Gasteiger partial charge in [0, 0.05) is 0 Å². The minimum absolute atomic E-state index is 0.475. The second-order valence-corrected chi connectivity index (χ2v) is 6.82. The molecule has 0 amide bonds. The van der Waals surface area contributed by atoms with Gasteiger partial charge in [-0.3, -0.25) is 0 Å². The molecule has 0 aliphatic heterocycles. The van der Waals surface area contributed by atoms with E-state index in [2.05, 4.69) is 33.4 Å². The average molecular weight is 272 g/mol. The molecule has 0 radical (unpaired) electrons. The highest BCUT2D eigenvalue weighted by Gasteiger charge is 2.33. The Balaban J connectivity index is 2.35. The zero-order valence-electron chi connectivity index (χ0n) is 13.1. The second kappa shape index (κ2) is 6.47. The Morgan fingerprint density at radius 1 is 1.35 bits per heavy atom. The van der Waals surface area contributed by atoms with Gasteiger partial charge in [0.15, 0.2) is 0 Å². The normalized spacial score (nSPS) is 26.7. The Kier molecular flexibility index (Phi) is 4.91. The van der Waals surface area contributed by atoms with Gasteiger partial charge < -0.3 is 5.11 Å². The van der Waals surface area contributed by atoms with Gasteiger partial charge in [0.05, 0.1) is 0 Å². The largest absolute Gasteiger partial charge is 0.508 e. The Morgan fingerprint density at radius 2 is 2.10 bits per heavy atom. The molecule has 0 bridgehead atoms. The van der Waals surface area contributed by atoms with Crippen molar-refractivity contribution in [3.8, 4) is 5.75 Å². The summed E-state index contributed by atoms with van der Waals surface area (Å²) >= 11 is 0. The van der Waals surface area contributed by atoms with Crippen molar-refractivity contribution < 1.29 is 5.11 Å². The first kappa shape index (κ1) is 15.2. The van der Waals surface area contributed by atoms with Crippen LogP contribution in [0, 0.1) is 17.8 Å². The van der Waals surface area contributed by atoms with E-state index in [1.807, 2.05) is 18.2 Å². The van der Waals surface area contributed by atoms with E-state index in [-0.39, 0.29) is 0 Å². The maximum Gasteiger partial charge on any atom is 0.119 e. The van der Waals surface area contributed by atoms with Crippen LogP contribution in [0.1, 0.15) is 57.1 Å². The third-order valence-corrected chi connectivity index (χ3v) is 4.89. The van der Waals surface area contributed by atoms with Crippen LogP contribution in [0.4, 0.5) is 0 Å². The molecule has 3 unspecified atom stereocenters. The molecule has 1 fully saturated rings. The van der Waals surface area contributed by atoms with Crippen molar-refractivity contribution in [2.24, 2.45) is 17.8 Å². The van der Waals surface area contributed by atoms with E-state index in [9.17, 15) is 5.11 Å². The van der Waals surface area contributed by atoms with Gasteiger partial charge in [0.1, 0.15) is 5.75 Å². The zero-order valence-corrected chi connectivity index (χ0v) is 13.1. The molecule has 0 spiro atoms. The molecule has 110 valence electrons. The number of allylic oxidation sites excluding steroid dienone is 1. The van der Waals surface area contributed by atoms with E-state index >= 15 is 0 Å². The first-order valence-electron chi connectivity index (χ1n) is 7.95. The molecular formula is C19H28O. The van der Waals surface area contributed by atoms with Gasteiger partial charge >= 0.3 is 0 Å². The summed E-state index contributed by atoms with van der Waals surface area (Å²) in [5, 5.41) is 10.3. The number of hydrogen-bond acceptors (Lipinski definition) is 1. The van der Waals surface area contributed by atoms with Gasteiger partial charge in [0.25, 0.3) is 0 Å². The van der Waals surface area contributed by atoms with Crippen LogP contribution in [-0.4, -0.2) is 5.11 Å². The van der Waals surface area contributed by atoms with Gasteiger partial charge in [-0.25, -0.2) is 0 Å². The fourth-order valence-electron chi connectivity index (χ4n) is 3.75. The molecular weight excluding hydrogens is 244 g/mol. The summed E-state index contributed by atoms with van der Waals surface area (Å²) in [6.07, 6.45) is 6.62. The van der Waals surface area contributed by atoms with Crippen molar-refractivity contribution in [1.82, 2.24) is 0 Å². The molecule has 1 aliphatic rings. The zero-order chi connectivity index (χ0) is 14.7. The maximum absolute atomic E-state index is 10.3. The van der Waals surface area contributed by atoms with Crippen molar-refractivity contribution in [3.05, 3.63) is 42.0 Å². The summed E-state index contributed by atoms with van der Waals surface area (Å²) in [4.78, 5) is 0. The van der Waals surface area contributed by atoms with Crippen LogP contribution in [0.25, 0.3) is 0 Å². The van der Waals surface area contributed by atoms with Crippen LogP contribution >= 0.6 is 0 Å². The molecule has 1 N–H and O–H groups in total. The number of aromatic hydroxyl groups is 1. The maximum atomic E-state index is 10.3. The van der Waals surface area contributed by atoms with Crippen molar-refractivity contribution >= 4 is 0 Å². The SMILES string of the molecule is C=CCc1ccc(O)c(C2CC(C)CCC2C(C)C)c1. The Morgan fingerprint density at radius 3 is 2.75 bits per heavy atom. The predicted octanol–water partition coefficient (Wildman–Crippen LogP) is 5.30.